The smallest absolute Gasteiger partial charge is 0.290 e. The average molecular weight is 500 g/mol. The molecule has 4 rings (SSSR count). The number of ketones is 1. The van der Waals surface area contributed by atoms with Gasteiger partial charge in [-0.1, -0.05) is 31.0 Å². The molecule has 1 aromatic heterocycles. The van der Waals surface area contributed by atoms with Crippen LogP contribution in [0.2, 0.25) is 5.02 Å². The molecule has 35 heavy (non-hydrogen) atoms. The van der Waals surface area contributed by atoms with Crippen molar-refractivity contribution in [3.8, 4) is 17.2 Å². The Morgan fingerprint density at radius 3 is 2.43 bits per heavy atom. The molecule has 3 aromatic rings. The van der Waals surface area contributed by atoms with Gasteiger partial charge in [-0.2, -0.15) is 0 Å². The van der Waals surface area contributed by atoms with Crippen LogP contribution < -0.4 is 14.2 Å². The lowest BCUT2D eigenvalue weighted by Crippen LogP contribution is -2.32. The fourth-order valence-corrected chi connectivity index (χ4v) is 4.51. The van der Waals surface area contributed by atoms with E-state index in [0.717, 1.165) is 6.42 Å². The van der Waals surface area contributed by atoms with Crippen molar-refractivity contribution in [2.24, 2.45) is 0 Å². The Morgan fingerprint density at radius 1 is 1.06 bits per heavy atom. The van der Waals surface area contributed by atoms with Gasteiger partial charge in [-0.3, -0.25) is 9.59 Å². The van der Waals surface area contributed by atoms with Crippen LogP contribution in [0.15, 0.2) is 52.1 Å². The Hall–Kier alpha value is -3.65. The number of nitrogens with zero attached hydrogens (tertiary/aromatic N) is 1. The number of carbonyl (C=O) groups excluding carboxylic acids is 2. The zero-order chi connectivity index (χ0) is 25.3. The number of aliphatic hydroxyl groups is 1. The number of aliphatic hydroxyl groups excluding tert-OH is 1. The Labute approximate surface area is 207 Å². The zero-order valence-electron chi connectivity index (χ0n) is 19.9. The highest BCUT2D eigenvalue weighted by Gasteiger charge is 2.44. The van der Waals surface area contributed by atoms with Gasteiger partial charge in [0.05, 0.1) is 32.9 Å². The van der Waals surface area contributed by atoms with Crippen LogP contribution in [0.4, 0.5) is 0 Å². The van der Waals surface area contributed by atoms with Gasteiger partial charge in [-0.05, 0) is 36.2 Å². The topological polar surface area (TPSA) is 98.4 Å². The molecular formula is C26H26ClNO7. The molecule has 0 aliphatic carbocycles. The van der Waals surface area contributed by atoms with Gasteiger partial charge in [-0.25, -0.2) is 0 Å². The summed E-state index contributed by atoms with van der Waals surface area (Å²) in [4.78, 5) is 28.3. The SMILES string of the molecule is CCCCN1C(=O)C(O)=C(C(=O)c2cc3cc(Cl)cc(OC)c3o2)C1c1ccc(OC)c(OC)c1. The standard InChI is InChI=1S/C26H26ClNO7/c1-5-6-9-28-22(14-7-8-17(32-2)18(11-14)33-3)21(24(30)26(28)31)23(29)19-12-15-10-16(27)13-20(34-4)25(15)35-19/h7-8,10-13,22,30H,5-6,9H2,1-4H3. The summed E-state index contributed by atoms with van der Waals surface area (Å²) < 4.78 is 21.9. The molecule has 2 heterocycles. The highest BCUT2D eigenvalue weighted by atomic mass is 35.5. The van der Waals surface area contributed by atoms with Crippen LogP contribution in [0.1, 0.15) is 41.9 Å². The number of amides is 1. The van der Waals surface area contributed by atoms with Gasteiger partial charge in [0.2, 0.25) is 5.78 Å². The molecule has 8 nitrogen and oxygen atoms in total. The monoisotopic (exact) mass is 499 g/mol. The molecule has 2 aromatic carbocycles. The summed E-state index contributed by atoms with van der Waals surface area (Å²) in [7, 11) is 4.49. The molecule has 1 atom stereocenters. The third-order valence-electron chi connectivity index (χ3n) is 6.01. The molecule has 184 valence electrons. The fourth-order valence-electron chi connectivity index (χ4n) is 4.30. The lowest BCUT2D eigenvalue weighted by Gasteiger charge is -2.27. The number of rotatable bonds is 9. The van der Waals surface area contributed by atoms with E-state index in [2.05, 4.69) is 0 Å². The van der Waals surface area contributed by atoms with Crippen molar-refractivity contribution >= 4 is 34.3 Å². The number of fused-ring (bicyclic) bond motifs is 1. The Balaban J connectivity index is 1.84. The van der Waals surface area contributed by atoms with E-state index >= 15 is 0 Å². The third kappa shape index (κ3) is 4.30. The van der Waals surface area contributed by atoms with E-state index in [1.807, 2.05) is 6.92 Å². The Morgan fingerprint density at radius 2 is 1.77 bits per heavy atom. The van der Waals surface area contributed by atoms with E-state index in [1.54, 1.807) is 30.3 Å². The van der Waals surface area contributed by atoms with Crippen molar-refractivity contribution in [1.82, 2.24) is 4.90 Å². The highest BCUT2D eigenvalue weighted by molar-refractivity contribution is 6.31. The maximum atomic E-state index is 13.7. The number of benzene rings is 2. The molecule has 0 bridgehead atoms. The molecule has 9 heteroatoms. The molecule has 0 saturated carbocycles. The number of carbonyl (C=O) groups is 2. The quantitative estimate of drug-likeness (QED) is 0.388. The summed E-state index contributed by atoms with van der Waals surface area (Å²) in [6.07, 6.45) is 1.53. The van der Waals surface area contributed by atoms with Crippen LogP contribution in [-0.2, 0) is 4.79 Å². The fraction of sp³-hybridized carbons (Fsp3) is 0.308. The number of halogens is 1. The van der Waals surface area contributed by atoms with E-state index in [4.69, 9.17) is 30.2 Å². The number of hydrogen-bond acceptors (Lipinski definition) is 7. The van der Waals surface area contributed by atoms with Gasteiger partial charge in [0, 0.05) is 23.0 Å². The minimum absolute atomic E-state index is 0.0438. The van der Waals surface area contributed by atoms with Crippen molar-refractivity contribution in [3.05, 3.63) is 64.1 Å². The average Bonchev–Trinajstić information content (AvgIpc) is 3.40. The van der Waals surface area contributed by atoms with Gasteiger partial charge in [0.1, 0.15) is 0 Å². The van der Waals surface area contributed by atoms with Crippen LogP contribution in [0.25, 0.3) is 11.0 Å². The van der Waals surface area contributed by atoms with Gasteiger partial charge in [0.25, 0.3) is 5.91 Å². The van der Waals surface area contributed by atoms with Gasteiger partial charge < -0.3 is 28.6 Å². The maximum Gasteiger partial charge on any atom is 0.290 e. The second kappa shape index (κ2) is 9.92. The van der Waals surface area contributed by atoms with Crippen molar-refractivity contribution in [1.29, 1.82) is 0 Å². The predicted octanol–water partition coefficient (Wildman–Crippen LogP) is 5.49. The van der Waals surface area contributed by atoms with Gasteiger partial charge in [-0.15, -0.1) is 0 Å². The predicted molar refractivity (Wildman–Crippen MR) is 131 cm³/mol. The number of hydrogen-bond donors (Lipinski definition) is 1. The molecule has 1 unspecified atom stereocenters. The lowest BCUT2D eigenvalue weighted by molar-refractivity contribution is -0.129. The molecule has 0 spiro atoms. The van der Waals surface area contributed by atoms with E-state index in [-0.39, 0.29) is 11.3 Å². The minimum atomic E-state index is -0.833. The van der Waals surface area contributed by atoms with Crippen molar-refractivity contribution in [2.45, 2.75) is 25.8 Å². The second-order valence-electron chi connectivity index (χ2n) is 8.10. The van der Waals surface area contributed by atoms with Crippen molar-refractivity contribution in [2.75, 3.05) is 27.9 Å². The first-order valence-electron chi connectivity index (χ1n) is 11.1. The number of ether oxygens (including phenoxy) is 3. The summed E-state index contributed by atoms with van der Waals surface area (Å²) in [6.45, 7) is 2.36. The molecule has 1 N–H and O–H groups in total. The largest absolute Gasteiger partial charge is 0.503 e. The molecule has 1 aliphatic rings. The zero-order valence-corrected chi connectivity index (χ0v) is 20.6. The molecular weight excluding hydrogens is 474 g/mol. The summed E-state index contributed by atoms with van der Waals surface area (Å²) in [6, 6.07) is 9.05. The lowest BCUT2D eigenvalue weighted by atomic mass is 9.94. The van der Waals surface area contributed by atoms with Crippen LogP contribution >= 0.6 is 11.6 Å². The van der Waals surface area contributed by atoms with Crippen LogP contribution in [0.3, 0.4) is 0 Å². The summed E-state index contributed by atoms with van der Waals surface area (Å²) in [5.41, 5.74) is 0.869. The second-order valence-corrected chi connectivity index (χ2v) is 8.53. The number of unbranched alkanes of at least 4 members (excludes halogenated alkanes) is 1. The van der Waals surface area contributed by atoms with E-state index in [0.29, 0.717) is 51.8 Å². The molecule has 0 fully saturated rings. The van der Waals surface area contributed by atoms with Crippen LogP contribution in [-0.4, -0.2) is 49.6 Å². The van der Waals surface area contributed by atoms with Crippen molar-refractivity contribution in [3.63, 3.8) is 0 Å². The third-order valence-corrected chi connectivity index (χ3v) is 6.23. The van der Waals surface area contributed by atoms with Gasteiger partial charge in [0.15, 0.2) is 34.4 Å². The minimum Gasteiger partial charge on any atom is -0.503 e. The normalized spacial score (nSPS) is 15.7. The first-order valence-corrected chi connectivity index (χ1v) is 11.5. The number of furan rings is 1. The van der Waals surface area contributed by atoms with E-state index in [9.17, 15) is 14.7 Å². The van der Waals surface area contributed by atoms with E-state index < -0.39 is 23.5 Å². The van der Waals surface area contributed by atoms with Gasteiger partial charge >= 0.3 is 0 Å². The highest BCUT2D eigenvalue weighted by Crippen LogP contribution is 2.43. The first kappa shape index (κ1) is 24.5. The first-order chi connectivity index (χ1) is 16.8. The van der Waals surface area contributed by atoms with Crippen LogP contribution in [0, 0.1) is 0 Å². The maximum absolute atomic E-state index is 13.7. The van der Waals surface area contributed by atoms with Crippen molar-refractivity contribution < 1.29 is 33.3 Å². The summed E-state index contributed by atoms with van der Waals surface area (Å²) in [5.74, 6) is -0.554. The van der Waals surface area contributed by atoms with Crippen LogP contribution in [0.5, 0.6) is 17.2 Å². The molecule has 0 saturated heterocycles. The molecule has 1 amide bonds. The molecule has 0 radical (unpaired) electrons. The molecule has 1 aliphatic heterocycles. The summed E-state index contributed by atoms with van der Waals surface area (Å²) >= 11 is 6.16. The number of methoxy groups -OCH3 is 3. The Bertz CT molecular complexity index is 1330. The number of Topliss-reactive ketones (excluding diaryl/α,β-unsaturated/α-hetero) is 1. The Kier molecular flexibility index (Phi) is 6.93. The van der Waals surface area contributed by atoms with E-state index in [1.165, 1.54) is 32.3 Å². The summed E-state index contributed by atoms with van der Waals surface area (Å²) in [5, 5.41) is 11.8.